The van der Waals surface area contributed by atoms with Gasteiger partial charge in [-0.15, -0.1) is 11.3 Å². The number of hydrogen-bond donors (Lipinski definition) is 1. The van der Waals surface area contributed by atoms with Crippen LogP contribution in [0, 0.1) is 0 Å². The maximum Gasteiger partial charge on any atom is 0.411 e. The molecule has 0 saturated carbocycles. The summed E-state index contributed by atoms with van der Waals surface area (Å²) in [4.78, 5) is 25.9. The van der Waals surface area contributed by atoms with Crippen molar-refractivity contribution in [3.8, 4) is 21.8 Å². The smallest absolute Gasteiger partial charge is 0.411 e. The lowest BCUT2D eigenvalue weighted by molar-refractivity contribution is 0.174. The third kappa shape index (κ3) is 4.98. The Labute approximate surface area is 189 Å². The molecule has 0 bridgehead atoms. The Hall–Kier alpha value is -2.48. The molecule has 0 radical (unpaired) electrons. The van der Waals surface area contributed by atoms with E-state index in [-0.39, 0.29) is 17.3 Å². The number of nitrogens with one attached hydrogen (secondary N) is 1. The highest BCUT2D eigenvalue weighted by molar-refractivity contribution is 7.15. The van der Waals surface area contributed by atoms with Crippen molar-refractivity contribution in [3.05, 3.63) is 58.4 Å². The van der Waals surface area contributed by atoms with Gasteiger partial charge in [0.15, 0.2) is 0 Å². The average molecular weight is 463 g/mol. The van der Waals surface area contributed by atoms with Crippen molar-refractivity contribution in [1.82, 2.24) is 15.0 Å². The molecule has 0 aliphatic rings. The maximum absolute atomic E-state index is 11.9. The van der Waals surface area contributed by atoms with Crippen LogP contribution in [0.3, 0.4) is 0 Å². The molecular formula is C21H20Cl2N4O2S. The van der Waals surface area contributed by atoms with E-state index in [1.807, 2.05) is 6.07 Å². The summed E-state index contributed by atoms with van der Waals surface area (Å²) in [7, 11) is 0. The molecule has 1 amide bonds. The molecule has 0 aliphatic heterocycles. The Morgan fingerprint density at radius 3 is 2.70 bits per heavy atom. The second kappa shape index (κ2) is 9.12. The fourth-order valence-electron chi connectivity index (χ4n) is 2.55. The van der Waals surface area contributed by atoms with Crippen LogP contribution in [-0.2, 0) is 10.2 Å². The van der Waals surface area contributed by atoms with Crippen LogP contribution in [0.1, 0.15) is 25.8 Å². The Balaban J connectivity index is 2.11. The van der Waals surface area contributed by atoms with Crippen molar-refractivity contribution in [2.45, 2.75) is 26.2 Å². The fourth-order valence-corrected chi connectivity index (χ4v) is 4.07. The van der Waals surface area contributed by atoms with Crippen LogP contribution in [0.5, 0.6) is 0 Å². The molecule has 2 heterocycles. The fraction of sp³-hybridized carbons (Fsp3) is 0.238. The number of carbonyl (C=O) groups excluding carboxylic acids is 1. The van der Waals surface area contributed by atoms with Crippen molar-refractivity contribution in [3.63, 3.8) is 0 Å². The van der Waals surface area contributed by atoms with Gasteiger partial charge in [0.05, 0.1) is 32.0 Å². The summed E-state index contributed by atoms with van der Waals surface area (Å²) < 4.78 is 4.98. The van der Waals surface area contributed by atoms with Gasteiger partial charge in [-0.1, -0.05) is 57.2 Å². The number of carbonyl (C=O) groups is 1. The van der Waals surface area contributed by atoms with Gasteiger partial charge in [0.2, 0.25) is 5.28 Å². The molecule has 30 heavy (non-hydrogen) atoms. The Bertz CT molecular complexity index is 1090. The van der Waals surface area contributed by atoms with Crippen LogP contribution < -0.4 is 5.32 Å². The molecule has 6 nitrogen and oxygen atoms in total. The number of benzene rings is 1. The number of aromatic nitrogens is 3. The van der Waals surface area contributed by atoms with Crippen molar-refractivity contribution < 1.29 is 9.53 Å². The highest BCUT2D eigenvalue weighted by Crippen LogP contribution is 2.43. The van der Waals surface area contributed by atoms with E-state index in [9.17, 15) is 4.79 Å². The van der Waals surface area contributed by atoms with Crippen molar-refractivity contribution in [2.24, 2.45) is 0 Å². The first-order valence-electron chi connectivity index (χ1n) is 9.04. The Morgan fingerprint density at radius 1 is 1.27 bits per heavy atom. The first-order chi connectivity index (χ1) is 14.2. The summed E-state index contributed by atoms with van der Waals surface area (Å²) in [5, 5.41) is 4.06. The first kappa shape index (κ1) is 22.2. The molecule has 9 heteroatoms. The van der Waals surface area contributed by atoms with Crippen LogP contribution in [0.2, 0.25) is 10.3 Å². The van der Waals surface area contributed by atoms with E-state index in [2.05, 4.69) is 42.6 Å². The number of amides is 1. The lowest BCUT2D eigenvalue weighted by atomic mass is 9.98. The molecule has 3 aromatic rings. The second-order valence-corrected chi connectivity index (χ2v) is 9.05. The lowest BCUT2D eigenvalue weighted by Crippen LogP contribution is -2.14. The molecule has 3 rings (SSSR count). The zero-order chi connectivity index (χ0) is 21.9. The molecule has 0 atom stereocenters. The van der Waals surface area contributed by atoms with Gasteiger partial charge in [0.25, 0.3) is 0 Å². The Morgan fingerprint density at radius 2 is 2.03 bits per heavy atom. The predicted molar refractivity (Wildman–Crippen MR) is 122 cm³/mol. The van der Waals surface area contributed by atoms with Crippen molar-refractivity contribution in [2.75, 3.05) is 11.9 Å². The van der Waals surface area contributed by atoms with Gasteiger partial charge < -0.3 is 4.74 Å². The quantitative estimate of drug-likeness (QED) is 0.341. The summed E-state index contributed by atoms with van der Waals surface area (Å²) in [6.45, 7) is 9.87. The van der Waals surface area contributed by atoms with Crippen molar-refractivity contribution >= 4 is 46.3 Å². The molecule has 0 saturated heterocycles. The van der Waals surface area contributed by atoms with E-state index in [4.69, 9.17) is 32.9 Å². The molecule has 1 N–H and O–H groups in total. The third-order valence-corrected chi connectivity index (χ3v) is 6.04. The summed E-state index contributed by atoms with van der Waals surface area (Å²) in [5.41, 5.74) is 2.21. The SMILES string of the molecule is C=CCOC(=O)Nc1cccc(-c2nc(C(C)(C)C)sc2-c2ccnc(Cl)n2)c1Cl. The zero-order valence-corrected chi connectivity index (χ0v) is 19.0. The van der Waals surface area contributed by atoms with E-state index in [1.54, 1.807) is 24.4 Å². The molecule has 2 aromatic heterocycles. The van der Waals surface area contributed by atoms with Crippen LogP contribution in [0.15, 0.2) is 43.1 Å². The van der Waals surface area contributed by atoms with Crippen LogP contribution in [-0.4, -0.2) is 27.7 Å². The first-order valence-corrected chi connectivity index (χ1v) is 10.6. The third-order valence-electron chi connectivity index (χ3n) is 3.95. The molecule has 0 fully saturated rings. The maximum atomic E-state index is 11.9. The molecule has 156 valence electrons. The molecule has 0 spiro atoms. The zero-order valence-electron chi connectivity index (χ0n) is 16.7. The summed E-state index contributed by atoms with van der Waals surface area (Å²) in [6.07, 6.45) is 2.46. The number of anilines is 1. The predicted octanol–water partition coefficient (Wildman–Crippen LogP) is 6.61. The summed E-state index contributed by atoms with van der Waals surface area (Å²) in [5.74, 6) is 0. The van der Waals surface area contributed by atoms with Crippen LogP contribution in [0.4, 0.5) is 10.5 Å². The number of ether oxygens (including phenoxy) is 1. The van der Waals surface area contributed by atoms with Gasteiger partial charge in [-0.3, -0.25) is 5.32 Å². The van der Waals surface area contributed by atoms with Gasteiger partial charge in [-0.25, -0.2) is 19.7 Å². The average Bonchev–Trinajstić information content (AvgIpc) is 3.14. The van der Waals surface area contributed by atoms with E-state index in [0.717, 1.165) is 9.88 Å². The topological polar surface area (TPSA) is 77.0 Å². The van der Waals surface area contributed by atoms with Gasteiger partial charge >= 0.3 is 6.09 Å². The normalized spacial score (nSPS) is 11.2. The van der Waals surface area contributed by atoms with Gasteiger partial charge in [0.1, 0.15) is 6.61 Å². The number of halogens is 2. The van der Waals surface area contributed by atoms with E-state index in [1.165, 1.54) is 17.4 Å². The lowest BCUT2D eigenvalue weighted by Gasteiger charge is -2.13. The largest absolute Gasteiger partial charge is 0.445 e. The van der Waals surface area contributed by atoms with Gasteiger partial charge in [0, 0.05) is 17.2 Å². The number of thiazole rings is 1. The molecule has 0 aliphatic carbocycles. The second-order valence-electron chi connectivity index (χ2n) is 7.34. The molecule has 0 unspecified atom stereocenters. The molecular weight excluding hydrogens is 443 g/mol. The number of hydrogen-bond acceptors (Lipinski definition) is 6. The van der Waals surface area contributed by atoms with E-state index >= 15 is 0 Å². The summed E-state index contributed by atoms with van der Waals surface area (Å²) >= 11 is 14.2. The summed E-state index contributed by atoms with van der Waals surface area (Å²) in [6, 6.07) is 7.10. The highest BCUT2D eigenvalue weighted by Gasteiger charge is 2.25. The Kier molecular flexibility index (Phi) is 6.75. The van der Waals surface area contributed by atoms with Gasteiger partial charge in [-0.05, 0) is 23.7 Å². The monoisotopic (exact) mass is 462 g/mol. The van der Waals surface area contributed by atoms with Crippen LogP contribution in [0.25, 0.3) is 21.8 Å². The standard InChI is InChI=1S/C21H20Cl2N4O2S/c1-5-11-29-20(28)26-13-8-6-7-12(15(13)22)16-17(14-9-10-24-19(23)25-14)30-18(27-16)21(2,3)4/h5-10H,1,11H2,2-4H3,(H,26,28). The number of rotatable bonds is 5. The van der Waals surface area contributed by atoms with Crippen LogP contribution >= 0.6 is 34.5 Å². The molecule has 1 aromatic carbocycles. The van der Waals surface area contributed by atoms with E-state index < -0.39 is 6.09 Å². The minimum atomic E-state index is -0.620. The van der Waals surface area contributed by atoms with Gasteiger partial charge in [-0.2, -0.15) is 0 Å². The number of nitrogens with zero attached hydrogens (tertiary/aromatic N) is 3. The highest BCUT2D eigenvalue weighted by atomic mass is 35.5. The minimum absolute atomic E-state index is 0.1000. The minimum Gasteiger partial charge on any atom is -0.445 e. The van der Waals surface area contributed by atoms with Crippen molar-refractivity contribution in [1.29, 1.82) is 0 Å². The van der Waals surface area contributed by atoms with E-state index in [0.29, 0.717) is 27.7 Å².